The zero-order chi connectivity index (χ0) is 12.2. The van der Waals surface area contributed by atoms with Gasteiger partial charge in [-0.25, -0.2) is 0 Å². The van der Waals surface area contributed by atoms with Gasteiger partial charge in [0.05, 0.1) is 0 Å². The molecule has 0 aliphatic heterocycles. The topological polar surface area (TPSA) is 55.1 Å². The Balaban J connectivity index is 2.71. The van der Waals surface area contributed by atoms with E-state index in [1.54, 1.807) is 0 Å². The molecule has 0 saturated heterocycles. The number of hydrogen-bond donors (Lipinski definition) is 2. The van der Waals surface area contributed by atoms with E-state index >= 15 is 0 Å². The van der Waals surface area contributed by atoms with Gasteiger partial charge in [-0.1, -0.05) is 26.0 Å². The van der Waals surface area contributed by atoms with Crippen molar-refractivity contribution in [3.8, 4) is 0 Å². The lowest BCUT2D eigenvalue weighted by atomic mass is 9.88. The number of aryl methyl sites for hydroxylation is 1. The highest BCUT2D eigenvalue weighted by Crippen LogP contribution is 2.22. The van der Waals surface area contributed by atoms with E-state index in [0.29, 0.717) is 13.0 Å². The maximum Gasteiger partial charge on any atom is 0.230 e. The Bertz CT molecular complexity index is 372. The summed E-state index contributed by atoms with van der Waals surface area (Å²) in [6, 6.07) is 7.78. The summed E-state index contributed by atoms with van der Waals surface area (Å²) in [6.45, 7) is 6.34. The van der Waals surface area contributed by atoms with E-state index in [0.717, 1.165) is 11.3 Å². The average Bonchev–Trinajstić information content (AvgIpc) is 2.17. The van der Waals surface area contributed by atoms with Crippen molar-refractivity contribution in [3.63, 3.8) is 0 Å². The molecule has 0 radical (unpaired) electrons. The normalized spacial score (nSPS) is 11.2. The second-order valence-corrected chi connectivity index (χ2v) is 4.75. The molecule has 16 heavy (non-hydrogen) atoms. The minimum absolute atomic E-state index is 0.0172. The van der Waals surface area contributed by atoms with Gasteiger partial charge in [-0.3, -0.25) is 4.79 Å². The van der Waals surface area contributed by atoms with Crippen molar-refractivity contribution in [2.24, 2.45) is 11.1 Å². The van der Waals surface area contributed by atoms with Crippen LogP contribution in [-0.2, 0) is 4.79 Å². The number of rotatable bonds is 4. The minimum atomic E-state index is -0.418. The van der Waals surface area contributed by atoms with E-state index in [1.165, 1.54) is 0 Å². The Morgan fingerprint density at radius 2 is 2.12 bits per heavy atom. The third kappa shape index (κ3) is 3.35. The van der Waals surface area contributed by atoms with Crippen LogP contribution in [0.1, 0.15) is 25.8 Å². The number of nitrogens with one attached hydrogen (secondary N) is 1. The summed E-state index contributed by atoms with van der Waals surface area (Å²) >= 11 is 0. The van der Waals surface area contributed by atoms with Gasteiger partial charge in [0.15, 0.2) is 0 Å². The first-order chi connectivity index (χ1) is 7.45. The van der Waals surface area contributed by atoms with Crippen LogP contribution >= 0.6 is 0 Å². The molecule has 1 rings (SSSR count). The van der Waals surface area contributed by atoms with Crippen LogP contribution in [0.15, 0.2) is 24.3 Å². The zero-order valence-corrected chi connectivity index (χ0v) is 10.2. The SMILES string of the molecule is Cc1cccc(NC(=O)C(C)(C)CCN)c1. The molecule has 0 heterocycles. The molecule has 3 N–H and O–H groups in total. The molecule has 0 fully saturated rings. The number of carbonyl (C=O) groups is 1. The second-order valence-electron chi connectivity index (χ2n) is 4.75. The number of amides is 1. The first kappa shape index (κ1) is 12.7. The summed E-state index contributed by atoms with van der Waals surface area (Å²) in [6.07, 6.45) is 0.685. The summed E-state index contributed by atoms with van der Waals surface area (Å²) in [5.41, 5.74) is 7.05. The van der Waals surface area contributed by atoms with Crippen LogP contribution in [0.5, 0.6) is 0 Å². The Morgan fingerprint density at radius 1 is 1.44 bits per heavy atom. The Labute approximate surface area is 97.0 Å². The Hall–Kier alpha value is -1.35. The lowest BCUT2D eigenvalue weighted by Gasteiger charge is -2.22. The van der Waals surface area contributed by atoms with E-state index in [4.69, 9.17) is 5.73 Å². The van der Waals surface area contributed by atoms with Crippen LogP contribution in [0.3, 0.4) is 0 Å². The monoisotopic (exact) mass is 220 g/mol. The fourth-order valence-corrected chi connectivity index (χ4v) is 1.50. The molecule has 88 valence electrons. The summed E-state index contributed by atoms with van der Waals surface area (Å²) < 4.78 is 0. The Kier molecular flexibility index (Phi) is 4.07. The summed E-state index contributed by atoms with van der Waals surface area (Å²) in [5.74, 6) is 0.0172. The van der Waals surface area contributed by atoms with Gasteiger partial charge in [-0.05, 0) is 37.6 Å². The molecule has 0 spiro atoms. The van der Waals surface area contributed by atoms with E-state index < -0.39 is 5.41 Å². The molecule has 1 aromatic carbocycles. The van der Waals surface area contributed by atoms with Crippen LogP contribution in [0.25, 0.3) is 0 Å². The third-order valence-corrected chi connectivity index (χ3v) is 2.66. The van der Waals surface area contributed by atoms with Crippen molar-refractivity contribution in [2.45, 2.75) is 27.2 Å². The minimum Gasteiger partial charge on any atom is -0.330 e. The van der Waals surface area contributed by atoms with Gasteiger partial charge >= 0.3 is 0 Å². The first-order valence-electron chi connectivity index (χ1n) is 5.54. The predicted molar refractivity (Wildman–Crippen MR) is 67.3 cm³/mol. The van der Waals surface area contributed by atoms with Gasteiger partial charge in [0, 0.05) is 11.1 Å². The first-order valence-corrected chi connectivity index (χ1v) is 5.54. The standard InChI is InChI=1S/C13H20N2O/c1-10-5-4-6-11(9-10)15-12(16)13(2,3)7-8-14/h4-6,9H,7-8,14H2,1-3H3,(H,15,16). The van der Waals surface area contributed by atoms with Crippen LogP contribution in [0, 0.1) is 12.3 Å². The molecule has 0 aromatic heterocycles. The highest BCUT2D eigenvalue weighted by molar-refractivity contribution is 5.94. The van der Waals surface area contributed by atoms with Crippen LogP contribution in [0.2, 0.25) is 0 Å². The van der Waals surface area contributed by atoms with Crippen molar-refractivity contribution in [3.05, 3.63) is 29.8 Å². The largest absolute Gasteiger partial charge is 0.330 e. The van der Waals surface area contributed by atoms with Crippen molar-refractivity contribution in [1.82, 2.24) is 0 Å². The number of benzene rings is 1. The molecule has 0 atom stereocenters. The predicted octanol–water partition coefficient (Wildman–Crippen LogP) is 2.31. The molecule has 3 nitrogen and oxygen atoms in total. The molecule has 0 bridgehead atoms. The Morgan fingerprint density at radius 3 is 2.69 bits per heavy atom. The molecule has 1 amide bonds. The molecule has 0 saturated carbocycles. The highest BCUT2D eigenvalue weighted by Gasteiger charge is 2.26. The molecular formula is C13H20N2O. The van der Waals surface area contributed by atoms with Gasteiger partial charge in [0.25, 0.3) is 0 Å². The molecule has 0 unspecified atom stereocenters. The van der Waals surface area contributed by atoms with Crippen molar-refractivity contribution in [2.75, 3.05) is 11.9 Å². The zero-order valence-electron chi connectivity index (χ0n) is 10.2. The number of carbonyl (C=O) groups excluding carboxylic acids is 1. The van der Waals surface area contributed by atoms with Crippen molar-refractivity contribution >= 4 is 11.6 Å². The molecule has 0 aliphatic carbocycles. The van der Waals surface area contributed by atoms with Gasteiger partial charge < -0.3 is 11.1 Å². The number of anilines is 1. The van der Waals surface area contributed by atoms with Crippen molar-refractivity contribution in [1.29, 1.82) is 0 Å². The van der Waals surface area contributed by atoms with E-state index in [-0.39, 0.29) is 5.91 Å². The van der Waals surface area contributed by atoms with Gasteiger partial charge in [0.2, 0.25) is 5.91 Å². The van der Waals surface area contributed by atoms with Crippen molar-refractivity contribution < 1.29 is 4.79 Å². The summed E-state index contributed by atoms with van der Waals surface area (Å²) in [5, 5.41) is 2.91. The second kappa shape index (κ2) is 5.12. The van der Waals surface area contributed by atoms with E-state index in [1.807, 2.05) is 45.0 Å². The molecule has 0 aliphatic rings. The number of nitrogens with two attached hydrogens (primary N) is 1. The average molecular weight is 220 g/mol. The third-order valence-electron chi connectivity index (χ3n) is 2.66. The smallest absolute Gasteiger partial charge is 0.230 e. The lowest BCUT2D eigenvalue weighted by molar-refractivity contribution is -0.124. The van der Waals surface area contributed by atoms with E-state index in [9.17, 15) is 4.79 Å². The summed E-state index contributed by atoms with van der Waals surface area (Å²) in [7, 11) is 0. The fourth-order valence-electron chi connectivity index (χ4n) is 1.50. The molecule has 3 heteroatoms. The van der Waals surface area contributed by atoms with Crippen LogP contribution in [-0.4, -0.2) is 12.5 Å². The van der Waals surface area contributed by atoms with Crippen LogP contribution < -0.4 is 11.1 Å². The lowest BCUT2D eigenvalue weighted by Crippen LogP contribution is -2.32. The molecular weight excluding hydrogens is 200 g/mol. The number of hydrogen-bond acceptors (Lipinski definition) is 2. The van der Waals surface area contributed by atoms with Gasteiger partial charge in [-0.2, -0.15) is 0 Å². The van der Waals surface area contributed by atoms with E-state index in [2.05, 4.69) is 5.32 Å². The maximum absolute atomic E-state index is 12.0. The van der Waals surface area contributed by atoms with Crippen LogP contribution in [0.4, 0.5) is 5.69 Å². The highest BCUT2D eigenvalue weighted by atomic mass is 16.2. The fraction of sp³-hybridized carbons (Fsp3) is 0.462. The molecule has 1 aromatic rings. The van der Waals surface area contributed by atoms with Gasteiger partial charge in [0.1, 0.15) is 0 Å². The summed E-state index contributed by atoms with van der Waals surface area (Å²) in [4.78, 5) is 12.0. The maximum atomic E-state index is 12.0. The quantitative estimate of drug-likeness (QED) is 0.818. The van der Waals surface area contributed by atoms with Gasteiger partial charge in [-0.15, -0.1) is 0 Å².